The number of aliphatic hydroxyl groups excluding tert-OH is 1. The molecule has 0 aromatic carbocycles. The quantitative estimate of drug-likeness (QED) is 0.908. The number of carbonyl (C=O) groups excluding carboxylic acids is 1. The maximum absolute atomic E-state index is 12.3. The summed E-state index contributed by atoms with van der Waals surface area (Å²) in [6, 6.07) is 4.11. The Kier molecular flexibility index (Phi) is 4.78. The van der Waals surface area contributed by atoms with Gasteiger partial charge in [0.1, 0.15) is 0 Å². The molecule has 2 atom stereocenters. The normalized spacial score (nSPS) is 21.9. The van der Waals surface area contributed by atoms with Gasteiger partial charge in [-0.1, -0.05) is 13.0 Å². The lowest BCUT2D eigenvalue weighted by Gasteiger charge is -2.33. The van der Waals surface area contributed by atoms with Crippen LogP contribution in [0.4, 0.5) is 0 Å². The zero-order valence-corrected chi connectivity index (χ0v) is 11.7. The van der Waals surface area contributed by atoms with E-state index in [9.17, 15) is 9.90 Å². The second kappa shape index (κ2) is 6.34. The molecule has 1 saturated heterocycles. The van der Waals surface area contributed by atoms with Crippen LogP contribution < -0.4 is 0 Å². The van der Waals surface area contributed by atoms with Crippen LogP contribution in [-0.2, 0) is 11.2 Å². The molecule has 1 aliphatic rings. The van der Waals surface area contributed by atoms with Crippen molar-refractivity contribution in [2.45, 2.75) is 26.2 Å². The molecule has 1 aromatic heterocycles. The van der Waals surface area contributed by atoms with Crippen LogP contribution in [0, 0.1) is 11.8 Å². The monoisotopic (exact) mass is 267 g/mol. The number of carbonyl (C=O) groups is 1. The SMILES string of the molecule is CC(Cc1cccs1)C(=O)N1CCCC(CO)C1. The summed E-state index contributed by atoms with van der Waals surface area (Å²) in [7, 11) is 0. The first-order valence-electron chi connectivity index (χ1n) is 6.62. The predicted molar refractivity (Wildman–Crippen MR) is 73.6 cm³/mol. The molecule has 0 radical (unpaired) electrons. The average Bonchev–Trinajstić information content (AvgIpc) is 2.90. The van der Waals surface area contributed by atoms with Gasteiger partial charge in [0.05, 0.1) is 0 Å². The Balaban J connectivity index is 1.89. The molecule has 2 rings (SSSR count). The van der Waals surface area contributed by atoms with Crippen molar-refractivity contribution in [3.63, 3.8) is 0 Å². The summed E-state index contributed by atoms with van der Waals surface area (Å²) in [5.41, 5.74) is 0. The van der Waals surface area contributed by atoms with Crippen LogP contribution in [0.15, 0.2) is 17.5 Å². The van der Waals surface area contributed by atoms with Crippen molar-refractivity contribution in [1.82, 2.24) is 4.90 Å². The van der Waals surface area contributed by atoms with E-state index in [0.29, 0.717) is 0 Å². The Bertz CT molecular complexity index is 377. The van der Waals surface area contributed by atoms with E-state index >= 15 is 0 Å². The van der Waals surface area contributed by atoms with Crippen molar-refractivity contribution >= 4 is 17.2 Å². The van der Waals surface area contributed by atoms with Gasteiger partial charge in [-0.25, -0.2) is 0 Å². The molecule has 1 amide bonds. The third kappa shape index (κ3) is 3.33. The summed E-state index contributed by atoms with van der Waals surface area (Å²) in [6.07, 6.45) is 2.89. The lowest BCUT2D eigenvalue weighted by Crippen LogP contribution is -2.43. The summed E-state index contributed by atoms with van der Waals surface area (Å²) in [4.78, 5) is 15.5. The van der Waals surface area contributed by atoms with Crippen LogP contribution in [0.3, 0.4) is 0 Å². The summed E-state index contributed by atoms with van der Waals surface area (Å²) in [6.45, 7) is 3.78. The number of nitrogens with zero attached hydrogens (tertiary/aromatic N) is 1. The minimum atomic E-state index is 0.0427. The van der Waals surface area contributed by atoms with Crippen LogP contribution in [0.25, 0.3) is 0 Å². The number of piperidine rings is 1. The number of hydrogen-bond acceptors (Lipinski definition) is 3. The molecule has 100 valence electrons. The van der Waals surface area contributed by atoms with Gasteiger partial charge in [0.25, 0.3) is 0 Å². The molecule has 2 unspecified atom stereocenters. The summed E-state index contributed by atoms with van der Waals surface area (Å²) >= 11 is 1.71. The highest BCUT2D eigenvalue weighted by Gasteiger charge is 2.26. The second-order valence-electron chi connectivity index (χ2n) is 5.16. The van der Waals surface area contributed by atoms with Gasteiger partial charge < -0.3 is 10.0 Å². The Labute approximate surface area is 112 Å². The zero-order valence-electron chi connectivity index (χ0n) is 10.8. The summed E-state index contributed by atoms with van der Waals surface area (Å²) < 4.78 is 0. The fourth-order valence-electron chi connectivity index (χ4n) is 2.54. The highest BCUT2D eigenvalue weighted by molar-refractivity contribution is 7.09. The van der Waals surface area contributed by atoms with Crippen LogP contribution >= 0.6 is 11.3 Å². The van der Waals surface area contributed by atoms with Gasteiger partial charge in [-0.2, -0.15) is 0 Å². The number of thiophene rings is 1. The smallest absolute Gasteiger partial charge is 0.225 e. The van der Waals surface area contributed by atoms with Gasteiger partial charge in [0.15, 0.2) is 0 Å². The summed E-state index contributed by atoms with van der Waals surface area (Å²) in [5, 5.41) is 11.3. The van der Waals surface area contributed by atoms with Crippen LogP contribution in [-0.4, -0.2) is 35.6 Å². The second-order valence-corrected chi connectivity index (χ2v) is 6.19. The molecular weight excluding hydrogens is 246 g/mol. The van der Waals surface area contributed by atoms with Gasteiger partial charge in [-0.15, -0.1) is 11.3 Å². The maximum atomic E-state index is 12.3. The number of hydrogen-bond donors (Lipinski definition) is 1. The van der Waals surface area contributed by atoms with E-state index in [-0.39, 0.29) is 24.3 Å². The van der Waals surface area contributed by atoms with E-state index < -0.39 is 0 Å². The van der Waals surface area contributed by atoms with Crippen molar-refractivity contribution in [1.29, 1.82) is 0 Å². The Hall–Kier alpha value is -0.870. The van der Waals surface area contributed by atoms with Gasteiger partial charge in [-0.05, 0) is 36.6 Å². The molecule has 18 heavy (non-hydrogen) atoms. The molecule has 0 bridgehead atoms. The van der Waals surface area contributed by atoms with Gasteiger partial charge >= 0.3 is 0 Å². The maximum Gasteiger partial charge on any atom is 0.225 e. The highest BCUT2D eigenvalue weighted by atomic mass is 32.1. The number of likely N-dealkylation sites (tertiary alicyclic amines) is 1. The number of amides is 1. The topological polar surface area (TPSA) is 40.5 Å². The van der Waals surface area contributed by atoms with Crippen molar-refractivity contribution < 1.29 is 9.90 Å². The third-order valence-electron chi connectivity index (χ3n) is 3.60. The van der Waals surface area contributed by atoms with E-state index in [4.69, 9.17) is 0 Å². The fraction of sp³-hybridized carbons (Fsp3) is 0.643. The van der Waals surface area contributed by atoms with Gasteiger partial charge in [0.2, 0.25) is 5.91 Å². The first-order chi connectivity index (χ1) is 8.70. The molecule has 2 heterocycles. The molecule has 1 fully saturated rings. The standard InChI is InChI=1S/C14H21NO2S/c1-11(8-13-5-3-7-18-13)14(17)15-6-2-4-12(9-15)10-16/h3,5,7,11-12,16H,2,4,6,8-10H2,1H3. The van der Waals surface area contributed by atoms with Crippen molar-refractivity contribution in [2.75, 3.05) is 19.7 Å². The van der Waals surface area contributed by atoms with E-state index in [1.807, 2.05) is 17.9 Å². The molecule has 0 spiro atoms. The highest BCUT2D eigenvalue weighted by Crippen LogP contribution is 2.20. The number of aliphatic hydroxyl groups is 1. The molecule has 1 N–H and O–H groups in total. The largest absolute Gasteiger partial charge is 0.396 e. The molecule has 3 nitrogen and oxygen atoms in total. The first kappa shape index (κ1) is 13.6. The minimum Gasteiger partial charge on any atom is -0.396 e. The Morgan fingerprint density at radius 1 is 1.67 bits per heavy atom. The van der Waals surface area contributed by atoms with Crippen molar-refractivity contribution in [2.24, 2.45) is 11.8 Å². The minimum absolute atomic E-state index is 0.0427. The summed E-state index contributed by atoms with van der Waals surface area (Å²) in [5.74, 6) is 0.555. The molecular formula is C14H21NO2S. The lowest BCUT2D eigenvalue weighted by atomic mass is 9.96. The number of rotatable bonds is 4. The first-order valence-corrected chi connectivity index (χ1v) is 7.50. The predicted octanol–water partition coefficient (Wildman–Crippen LogP) is 2.16. The third-order valence-corrected chi connectivity index (χ3v) is 4.50. The lowest BCUT2D eigenvalue weighted by molar-refractivity contribution is -0.137. The van der Waals surface area contributed by atoms with Crippen LogP contribution in [0.5, 0.6) is 0 Å². The molecule has 1 aromatic rings. The molecule has 1 aliphatic heterocycles. The fourth-order valence-corrected chi connectivity index (χ4v) is 3.38. The van der Waals surface area contributed by atoms with Crippen LogP contribution in [0.2, 0.25) is 0 Å². The Morgan fingerprint density at radius 2 is 2.50 bits per heavy atom. The Morgan fingerprint density at radius 3 is 3.17 bits per heavy atom. The van der Waals surface area contributed by atoms with E-state index in [1.165, 1.54) is 4.88 Å². The van der Waals surface area contributed by atoms with E-state index in [1.54, 1.807) is 11.3 Å². The van der Waals surface area contributed by atoms with Crippen molar-refractivity contribution in [3.05, 3.63) is 22.4 Å². The zero-order chi connectivity index (χ0) is 13.0. The molecule has 0 saturated carbocycles. The van der Waals surface area contributed by atoms with Crippen molar-refractivity contribution in [3.8, 4) is 0 Å². The molecule has 0 aliphatic carbocycles. The van der Waals surface area contributed by atoms with Gasteiger partial charge in [0, 0.05) is 30.5 Å². The molecule has 4 heteroatoms. The van der Waals surface area contributed by atoms with E-state index in [2.05, 4.69) is 11.4 Å². The average molecular weight is 267 g/mol. The van der Waals surface area contributed by atoms with Crippen LogP contribution in [0.1, 0.15) is 24.6 Å². The van der Waals surface area contributed by atoms with Gasteiger partial charge in [-0.3, -0.25) is 4.79 Å². The van der Waals surface area contributed by atoms with E-state index in [0.717, 1.165) is 32.4 Å².